The number of carbonyl (C=O) groups is 1. The third-order valence-electron chi connectivity index (χ3n) is 4.36. The van der Waals surface area contributed by atoms with Crippen molar-refractivity contribution in [2.75, 3.05) is 26.2 Å². The first-order chi connectivity index (χ1) is 12.8. The fraction of sp³-hybridized carbons (Fsp3) is 0.381. The number of nitrogens with one attached hydrogen (secondary N) is 2. The zero-order valence-electron chi connectivity index (χ0n) is 14.9. The van der Waals surface area contributed by atoms with Crippen LogP contribution in [0.2, 0.25) is 0 Å². The van der Waals surface area contributed by atoms with Crippen LogP contribution in [0.3, 0.4) is 0 Å². The van der Waals surface area contributed by atoms with Crippen LogP contribution in [0.1, 0.15) is 19.3 Å². The van der Waals surface area contributed by atoms with Crippen LogP contribution in [-0.2, 0) is 4.79 Å². The molecule has 2 N–H and O–H groups in total. The van der Waals surface area contributed by atoms with Gasteiger partial charge in [0.05, 0.1) is 12.5 Å². The van der Waals surface area contributed by atoms with E-state index in [1.807, 2.05) is 54.6 Å². The second-order valence-electron chi connectivity index (χ2n) is 6.42. The standard InChI is InChI=1S/C21H26N2O3/c24-21(17-6-4-13-22-16-17)23-14-5-15-25-18-9-11-20(12-10-18)26-19-7-2-1-3-8-19/h1-3,7-12,17,22H,4-6,13-16H2,(H,23,24). The number of amides is 1. The topological polar surface area (TPSA) is 59.6 Å². The molecule has 1 atom stereocenters. The number of carbonyl (C=O) groups excluding carboxylic acids is 1. The highest BCUT2D eigenvalue weighted by atomic mass is 16.5. The number of rotatable bonds is 8. The van der Waals surface area contributed by atoms with Crippen molar-refractivity contribution in [1.29, 1.82) is 0 Å². The Morgan fingerprint density at radius 2 is 1.77 bits per heavy atom. The fourth-order valence-electron chi connectivity index (χ4n) is 2.92. The van der Waals surface area contributed by atoms with Crippen molar-refractivity contribution in [3.8, 4) is 17.2 Å². The van der Waals surface area contributed by atoms with Gasteiger partial charge < -0.3 is 20.1 Å². The second-order valence-corrected chi connectivity index (χ2v) is 6.42. The highest BCUT2D eigenvalue weighted by Crippen LogP contribution is 2.23. The maximum Gasteiger partial charge on any atom is 0.224 e. The van der Waals surface area contributed by atoms with Crippen molar-refractivity contribution in [3.63, 3.8) is 0 Å². The molecule has 0 radical (unpaired) electrons. The maximum absolute atomic E-state index is 12.0. The summed E-state index contributed by atoms with van der Waals surface area (Å²) in [7, 11) is 0. The number of piperidine rings is 1. The average molecular weight is 354 g/mol. The summed E-state index contributed by atoms with van der Waals surface area (Å²) in [6.45, 7) is 3.03. The monoisotopic (exact) mass is 354 g/mol. The molecule has 1 aliphatic rings. The molecule has 26 heavy (non-hydrogen) atoms. The van der Waals surface area contributed by atoms with E-state index in [1.54, 1.807) is 0 Å². The van der Waals surface area contributed by atoms with Crippen molar-refractivity contribution >= 4 is 5.91 Å². The molecule has 5 heteroatoms. The van der Waals surface area contributed by atoms with Gasteiger partial charge in [-0.25, -0.2) is 0 Å². The third-order valence-corrected chi connectivity index (χ3v) is 4.36. The molecule has 5 nitrogen and oxygen atoms in total. The van der Waals surface area contributed by atoms with Gasteiger partial charge in [-0.1, -0.05) is 18.2 Å². The molecule has 1 heterocycles. The van der Waals surface area contributed by atoms with E-state index in [4.69, 9.17) is 9.47 Å². The second kappa shape index (κ2) is 9.82. The van der Waals surface area contributed by atoms with E-state index in [0.717, 1.165) is 49.6 Å². The van der Waals surface area contributed by atoms with Crippen molar-refractivity contribution in [2.45, 2.75) is 19.3 Å². The summed E-state index contributed by atoms with van der Waals surface area (Å²) in [6.07, 6.45) is 2.84. The molecule has 1 amide bonds. The number of hydrogen-bond acceptors (Lipinski definition) is 4. The van der Waals surface area contributed by atoms with Gasteiger partial charge in [-0.15, -0.1) is 0 Å². The van der Waals surface area contributed by atoms with Crippen LogP contribution in [0, 0.1) is 5.92 Å². The molecule has 0 aliphatic carbocycles. The van der Waals surface area contributed by atoms with E-state index >= 15 is 0 Å². The third kappa shape index (κ3) is 5.77. The highest BCUT2D eigenvalue weighted by Gasteiger charge is 2.19. The summed E-state index contributed by atoms with van der Waals surface area (Å²) >= 11 is 0. The lowest BCUT2D eigenvalue weighted by molar-refractivity contribution is -0.125. The van der Waals surface area contributed by atoms with Gasteiger partial charge in [0.25, 0.3) is 0 Å². The Morgan fingerprint density at radius 3 is 2.50 bits per heavy atom. The molecule has 138 valence electrons. The SMILES string of the molecule is O=C(NCCCOc1ccc(Oc2ccccc2)cc1)C1CCCNC1. The van der Waals surface area contributed by atoms with Crippen LogP contribution < -0.4 is 20.1 Å². The Hall–Kier alpha value is -2.53. The number of ether oxygens (including phenoxy) is 2. The summed E-state index contributed by atoms with van der Waals surface area (Å²) in [4.78, 5) is 12.0. The Bertz CT molecular complexity index is 667. The summed E-state index contributed by atoms with van der Waals surface area (Å²) in [5, 5.41) is 6.26. The van der Waals surface area contributed by atoms with E-state index in [9.17, 15) is 4.79 Å². The quantitative estimate of drug-likeness (QED) is 0.714. The van der Waals surface area contributed by atoms with Crippen LogP contribution in [0.5, 0.6) is 17.2 Å². The molecule has 0 saturated carbocycles. The molecule has 1 aliphatic heterocycles. The zero-order chi connectivity index (χ0) is 18.0. The summed E-state index contributed by atoms with van der Waals surface area (Å²) in [5.74, 6) is 2.65. The van der Waals surface area contributed by atoms with Crippen LogP contribution in [-0.4, -0.2) is 32.1 Å². The summed E-state index contributed by atoms with van der Waals surface area (Å²) < 4.78 is 11.5. The van der Waals surface area contributed by atoms with Gasteiger partial charge >= 0.3 is 0 Å². The van der Waals surface area contributed by atoms with E-state index < -0.39 is 0 Å². The van der Waals surface area contributed by atoms with E-state index in [0.29, 0.717) is 13.2 Å². The van der Waals surface area contributed by atoms with E-state index in [-0.39, 0.29) is 11.8 Å². The molecule has 1 fully saturated rings. The van der Waals surface area contributed by atoms with Gasteiger partial charge in [0.15, 0.2) is 0 Å². The molecule has 0 spiro atoms. The lowest BCUT2D eigenvalue weighted by Crippen LogP contribution is -2.40. The van der Waals surface area contributed by atoms with E-state index in [2.05, 4.69) is 10.6 Å². The van der Waals surface area contributed by atoms with Crippen molar-refractivity contribution < 1.29 is 14.3 Å². The Balaban J connectivity index is 1.33. The number of benzene rings is 2. The lowest BCUT2D eigenvalue weighted by Gasteiger charge is -2.21. The predicted molar refractivity (Wildman–Crippen MR) is 102 cm³/mol. The molecular weight excluding hydrogens is 328 g/mol. The Kier molecular flexibility index (Phi) is 6.90. The van der Waals surface area contributed by atoms with Crippen LogP contribution in [0.25, 0.3) is 0 Å². The van der Waals surface area contributed by atoms with Crippen LogP contribution in [0.4, 0.5) is 0 Å². The summed E-state index contributed by atoms with van der Waals surface area (Å²) in [6, 6.07) is 17.2. The lowest BCUT2D eigenvalue weighted by atomic mass is 9.99. The summed E-state index contributed by atoms with van der Waals surface area (Å²) in [5.41, 5.74) is 0. The molecule has 0 bridgehead atoms. The minimum atomic E-state index is 0.113. The molecule has 0 aromatic heterocycles. The Morgan fingerprint density at radius 1 is 1.04 bits per heavy atom. The molecule has 2 aromatic rings. The number of hydrogen-bond donors (Lipinski definition) is 2. The first kappa shape index (κ1) is 18.3. The molecule has 1 saturated heterocycles. The van der Waals surface area contributed by atoms with Gasteiger partial charge in [-0.3, -0.25) is 4.79 Å². The largest absolute Gasteiger partial charge is 0.494 e. The van der Waals surface area contributed by atoms with Gasteiger partial charge in [0.2, 0.25) is 5.91 Å². The van der Waals surface area contributed by atoms with Crippen molar-refractivity contribution in [2.24, 2.45) is 5.92 Å². The molecule has 1 unspecified atom stereocenters. The van der Waals surface area contributed by atoms with Gasteiger partial charge in [-0.05, 0) is 62.2 Å². The maximum atomic E-state index is 12.0. The number of para-hydroxylation sites is 1. The van der Waals surface area contributed by atoms with E-state index in [1.165, 1.54) is 0 Å². The van der Waals surface area contributed by atoms with Gasteiger partial charge in [0.1, 0.15) is 17.2 Å². The van der Waals surface area contributed by atoms with Crippen molar-refractivity contribution in [1.82, 2.24) is 10.6 Å². The van der Waals surface area contributed by atoms with Gasteiger partial charge in [-0.2, -0.15) is 0 Å². The molecular formula is C21H26N2O3. The molecule has 3 rings (SSSR count). The highest BCUT2D eigenvalue weighted by molar-refractivity contribution is 5.78. The molecule has 2 aromatic carbocycles. The average Bonchev–Trinajstić information content (AvgIpc) is 2.70. The van der Waals surface area contributed by atoms with Gasteiger partial charge in [0, 0.05) is 13.1 Å². The minimum absolute atomic E-state index is 0.113. The van der Waals surface area contributed by atoms with Crippen LogP contribution in [0.15, 0.2) is 54.6 Å². The zero-order valence-corrected chi connectivity index (χ0v) is 14.9. The predicted octanol–water partition coefficient (Wildman–Crippen LogP) is 3.36. The fourth-order valence-corrected chi connectivity index (χ4v) is 2.92. The normalized spacial score (nSPS) is 16.7. The van der Waals surface area contributed by atoms with Crippen molar-refractivity contribution in [3.05, 3.63) is 54.6 Å². The Labute approximate surface area is 154 Å². The first-order valence-electron chi connectivity index (χ1n) is 9.25. The smallest absolute Gasteiger partial charge is 0.224 e. The minimum Gasteiger partial charge on any atom is -0.494 e. The first-order valence-corrected chi connectivity index (χ1v) is 9.25. The van der Waals surface area contributed by atoms with Crippen LogP contribution >= 0.6 is 0 Å².